The van der Waals surface area contributed by atoms with Crippen LogP contribution in [0.3, 0.4) is 0 Å². The monoisotopic (exact) mass is 725 g/mol. The van der Waals surface area contributed by atoms with Crippen molar-refractivity contribution in [3.05, 3.63) is 148 Å². The SMILES string of the molecule is COc1cc(OC)c(OC)cc1/C=C(\NC(=O)c1ccccc1)C(=O)Nc1ccc(SC(C(=O)Nc2ccc(F)c(Cl)c2)c2ccccc2)cc1. The van der Waals surface area contributed by atoms with E-state index in [1.54, 1.807) is 66.7 Å². The summed E-state index contributed by atoms with van der Waals surface area (Å²) in [5.41, 5.74) is 2.30. The van der Waals surface area contributed by atoms with Gasteiger partial charge in [-0.15, -0.1) is 11.8 Å². The second kappa shape index (κ2) is 17.2. The van der Waals surface area contributed by atoms with Gasteiger partial charge < -0.3 is 30.2 Å². The summed E-state index contributed by atoms with van der Waals surface area (Å²) in [6.45, 7) is 0. The number of nitrogens with one attached hydrogen (secondary N) is 3. The molecule has 51 heavy (non-hydrogen) atoms. The number of thioether (sulfide) groups is 1. The third kappa shape index (κ3) is 9.47. The first-order chi connectivity index (χ1) is 24.7. The molecule has 5 aromatic carbocycles. The Morgan fingerprint density at radius 3 is 1.96 bits per heavy atom. The van der Waals surface area contributed by atoms with Gasteiger partial charge in [-0.25, -0.2) is 4.39 Å². The largest absolute Gasteiger partial charge is 0.496 e. The van der Waals surface area contributed by atoms with Gasteiger partial charge in [0.2, 0.25) is 5.91 Å². The highest BCUT2D eigenvalue weighted by atomic mass is 35.5. The smallest absolute Gasteiger partial charge is 0.272 e. The minimum absolute atomic E-state index is 0.0606. The van der Waals surface area contributed by atoms with Gasteiger partial charge in [0, 0.05) is 33.5 Å². The third-order valence-corrected chi connectivity index (χ3v) is 9.01. The van der Waals surface area contributed by atoms with E-state index in [2.05, 4.69) is 16.0 Å². The molecule has 12 heteroatoms. The fourth-order valence-electron chi connectivity index (χ4n) is 4.90. The van der Waals surface area contributed by atoms with Crippen molar-refractivity contribution in [3.63, 3.8) is 0 Å². The maximum absolute atomic E-state index is 13.7. The fourth-order valence-corrected chi connectivity index (χ4v) is 6.10. The molecule has 1 unspecified atom stereocenters. The molecule has 1 atom stereocenters. The topological polar surface area (TPSA) is 115 Å². The maximum Gasteiger partial charge on any atom is 0.272 e. The van der Waals surface area contributed by atoms with E-state index >= 15 is 0 Å². The van der Waals surface area contributed by atoms with Crippen LogP contribution in [-0.2, 0) is 9.59 Å². The van der Waals surface area contributed by atoms with Gasteiger partial charge in [0.05, 0.1) is 26.4 Å². The molecule has 5 aromatic rings. The van der Waals surface area contributed by atoms with Crippen LogP contribution in [0, 0.1) is 5.82 Å². The molecule has 0 spiro atoms. The van der Waals surface area contributed by atoms with E-state index < -0.39 is 22.9 Å². The first kappa shape index (κ1) is 36.5. The lowest BCUT2D eigenvalue weighted by Crippen LogP contribution is -2.30. The van der Waals surface area contributed by atoms with E-state index in [-0.39, 0.29) is 16.6 Å². The number of methoxy groups -OCH3 is 3. The van der Waals surface area contributed by atoms with Crippen LogP contribution in [-0.4, -0.2) is 39.1 Å². The predicted octanol–water partition coefficient (Wildman–Crippen LogP) is 8.39. The molecule has 0 aliphatic carbocycles. The zero-order chi connectivity index (χ0) is 36.3. The standard InChI is InChI=1S/C39H33ClFN3O6S/c1-48-33-23-35(50-3)34(49-2)21-26(33)20-32(44-37(45)25-12-8-5-9-13-25)38(46)42-27-14-17-29(18-15-27)51-36(24-10-6-4-7-11-24)39(47)43-28-16-19-31(41)30(40)22-28/h4-23,36H,1-3H3,(H,42,46)(H,43,47)(H,44,45)/b32-20-. The number of benzene rings is 5. The van der Waals surface area contributed by atoms with Gasteiger partial charge in [-0.05, 0) is 72.3 Å². The van der Waals surface area contributed by atoms with Crippen LogP contribution in [0.5, 0.6) is 17.2 Å². The Hall–Kier alpha value is -5.78. The summed E-state index contributed by atoms with van der Waals surface area (Å²) in [6, 6.07) is 31.8. The van der Waals surface area contributed by atoms with Crippen molar-refractivity contribution in [2.24, 2.45) is 0 Å². The molecule has 0 saturated carbocycles. The van der Waals surface area contributed by atoms with Gasteiger partial charge in [0.15, 0.2) is 11.5 Å². The highest BCUT2D eigenvalue weighted by Gasteiger charge is 2.23. The number of carbonyl (C=O) groups excluding carboxylic acids is 3. The Balaban J connectivity index is 1.39. The fraction of sp³-hybridized carbons (Fsp3) is 0.103. The Bertz CT molecular complexity index is 2050. The number of carbonyl (C=O) groups is 3. The van der Waals surface area contributed by atoms with Gasteiger partial charge in [-0.3, -0.25) is 14.4 Å². The lowest BCUT2D eigenvalue weighted by molar-refractivity contribution is -0.116. The average Bonchev–Trinajstić information content (AvgIpc) is 3.16. The zero-order valence-electron chi connectivity index (χ0n) is 27.7. The van der Waals surface area contributed by atoms with Crippen molar-refractivity contribution in [1.82, 2.24) is 5.32 Å². The molecular weight excluding hydrogens is 693 g/mol. The molecule has 3 N–H and O–H groups in total. The first-order valence-electron chi connectivity index (χ1n) is 15.5. The maximum atomic E-state index is 13.7. The van der Waals surface area contributed by atoms with Crippen LogP contribution in [0.4, 0.5) is 15.8 Å². The highest BCUT2D eigenvalue weighted by Crippen LogP contribution is 2.38. The van der Waals surface area contributed by atoms with Crippen LogP contribution in [0.25, 0.3) is 6.08 Å². The van der Waals surface area contributed by atoms with Crippen molar-refractivity contribution < 1.29 is 33.0 Å². The van der Waals surface area contributed by atoms with E-state index in [9.17, 15) is 18.8 Å². The zero-order valence-corrected chi connectivity index (χ0v) is 29.3. The summed E-state index contributed by atoms with van der Waals surface area (Å²) >= 11 is 7.22. The second-order valence-electron chi connectivity index (χ2n) is 10.8. The van der Waals surface area contributed by atoms with Crippen molar-refractivity contribution in [2.75, 3.05) is 32.0 Å². The number of halogens is 2. The minimum atomic E-state index is -0.672. The van der Waals surface area contributed by atoms with E-state index in [1.165, 1.54) is 57.4 Å². The number of rotatable bonds is 13. The Morgan fingerprint density at radius 1 is 0.725 bits per heavy atom. The van der Waals surface area contributed by atoms with Crippen molar-refractivity contribution in [3.8, 4) is 17.2 Å². The van der Waals surface area contributed by atoms with Crippen LogP contribution >= 0.6 is 23.4 Å². The predicted molar refractivity (Wildman–Crippen MR) is 198 cm³/mol. The number of hydrogen-bond donors (Lipinski definition) is 3. The van der Waals surface area contributed by atoms with Crippen LogP contribution < -0.4 is 30.2 Å². The highest BCUT2D eigenvalue weighted by molar-refractivity contribution is 8.00. The Morgan fingerprint density at radius 2 is 1.33 bits per heavy atom. The lowest BCUT2D eigenvalue weighted by atomic mass is 10.1. The van der Waals surface area contributed by atoms with Crippen LogP contribution in [0.1, 0.15) is 26.7 Å². The first-order valence-corrected chi connectivity index (χ1v) is 16.7. The molecule has 0 radical (unpaired) electrons. The number of ether oxygens (including phenoxy) is 3. The molecule has 3 amide bonds. The number of hydrogen-bond acceptors (Lipinski definition) is 7. The van der Waals surface area contributed by atoms with Crippen molar-refractivity contribution >= 4 is 58.5 Å². The molecule has 260 valence electrons. The minimum Gasteiger partial charge on any atom is -0.496 e. The molecular formula is C39H33ClFN3O6S. The quantitative estimate of drug-likeness (QED) is 0.0825. The lowest BCUT2D eigenvalue weighted by Gasteiger charge is -2.18. The van der Waals surface area contributed by atoms with Crippen LogP contribution in [0.2, 0.25) is 5.02 Å². The van der Waals surface area contributed by atoms with Crippen LogP contribution in [0.15, 0.2) is 126 Å². The molecule has 0 saturated heterocycles. The summed E-state index contributed by atoms with van der Waals surface area (Å²) < 4.78 is 30.1. The molecule has 0 fully saturated rings. The molecule has 0 heterocycles. The summed E-state index contributed by atoms with van der Waals surface area (Å²) in [4.78, 5) is 41.1. The van der Waals surface area contributed by atoms with E-state index in [0.717, 1.165) is 10.5 Å². The summed E-state index contributed by atoms with van der Waals surface area (Å²) in [6.07, 6.45) is 1.48. The second-order valence-corrected chi connectivity index (χ2v) is 12.4. The van der Waals surface area contributed by atoms with E-state index in [1.807, 2.05) is 30.3 Å². The number of amides is 3. The summed E-state index contributed by atoms with van der Waals surface area (Å²) in [7, 11) is 4.46. The van der Waals surface area contributed by atoms with Gasteiger partial charge in [0.1, 0.15) is 22.5 Å². The molecule has 9 nitrogen and oxygen atoms in total. The average molecular weight is 726 g/mol. The van der Waals surface area contributed by atoms with Gasteiger partial charge in [-0.2, -0.15) is 0 Å². The van der Waals surface area contributed by atoms with Gasteiger partial charge in [-0.1, -0.05) is 60.1 Å². The van der Waals surface area contributed by atoms with Gasteiger partial charge in [0.25, 0.3) is 11.8 Å². The molecule has 5 rings (SSSR count). The van der Waals surface area contributed by atoms with E-state index in [0.29, 0.717) is 39.8 Å². The Kier molecular flexibility index (Phi) is 12.3. The van der Waals surface area contributed by atoms with Gasteiger partial charge >= 0.3 is 0 Å². The van der Waals surface area contributed by atoms with Crippen molar-refractivity contribution in [1.29, 1.82) is 0 Å². The molecule has 0 aliphatic heterocycles. The summed E-state index contributed by atoms with van der Waals surface area (Å²) in [5, 5.41) is 7.60. The normalized spacial score (nSPS) is 11.6. The molecule has 0 aliphatic rings. The summed E-state index contributed by atoms with van der Waals surface area (Å²) in [5.74, 6) is -0.801. The molecule has 0 bridgehead atoms. The Labute approximate surface area is 303 Å². The third-order valence-electron chi connectivity index (χ3n) is 7.46. The van der Waals surface area contributed by atoms with E-state index in [4.69, 9.17) is 25.8 Å². The number of anilines is 2. The molecule has 0 aromatic heterocycles. The van der Waals surface area contributed by atoms with Crippen molar-refractivity contribution in [2.45, 2.75) is 10.1 Å².